The Morgan fingerprint density at radius 3 is 2.23 bits per heavy atom. The number of carbonyl (C=O) groups is 1. The van der Waals surface area contributed by atoms with E-state index in [2.05, 4.69) is 24.7 Å². The standard InChI is InChI=1S/C19H17F3N6O5S.C10H12F2N/c1-11-23-8-14-17(25-11)26-16(9-24-14)27-6-7-28(15(10-27)18(29)30)34(31,32)13-4-2-12(3-5-13)33-19(20,21)22;1-2-10(11,12)9-5-3-8(7-13)4-6-9/h2-5,8-9,15H,6-7,10H2,1H3,(H,29,30);3-6,13H,2,7H2,1H3/q;-1/t15-;/m1./s1. The molecule has 0 unspecified atom stereocenters. The van der Waals surface area contributed by atoms with Gasteiger partial charge in [-0.1, -0.05) is 36.8 Å². The molecule has 2 aromatic heterocycles. The van der Waals surface area contributed by atoms with Crippen LogP contribution in [0.15, 0.2) is 65.8 Å². The average Bonchev–Trinajstić information content (AvgIpc) is 3.04. The number of alkyl halides is 5. The van der Waals surface area contributed by atoms with Gasteiger partial charge in [-0.2, -0.15) is 4.31 Å². The van der Waals surface area contributed by atoms with E-state index in [9.17, 15) is 40.3 Å². The third-order valence-corrected chi connectivity index (χ3v) is 8.96. The number of nitrogens with one attached hydrogen (secondary N) is 1. The van der Waals surface area contributed by atoms with Gasteiger partial charge in [0.15, 0.2) is 5.65 Å². The first-order valence-corrected chi connectivity index (χ1v) is 15.4. The van der Waals surface area contributed by atoms with Gasteiger partial charge in [0.1, 0.15) is 29.0 Å². The predicted octanol–water partition coefficient (Wildman–Crippen LogP) is 5.33. The van der Waals surface area contributed by atoms with E-state index in [1.807, 2.05) is 0 Å². The summed E-state index contributed by atoms with van der Waals surface area (Å²) in [5, 5.41) is 9.73. The molecular formula is C29H29F5N7O5S-. The molecule has 1 atom stereocenters. The van der Waals surface area contributed by atoms with E-state index in [4.69, 9.17) is 5.73 Å². The van der Waals surface area contributed by atoms with E-state index >= 15 is 0 Å². The van der Waals surface area contributed by atoms with Crippen LogP contribution in [0, 0.1) is 6.92 Å². The second-order valence-electron chi connectivity index (χ2n) is 10.2. The second kappa shape index (κ2) is 14.1. The molecule has 3 heterocycles. The van der Waals surface area contributed by atoms with Crippen molar-refractivity contribution in [3.63, 3.8) is 0 Å². The number of carboxylic acid groups (broad SMARTS) is 1. The Balaban J connectivity index is 0.000000323. The van der Waals surface area contributed by atoms with Crippen molar-refractivity contribution in [1.29, 1.82) is 0 Å². The fourth-order valence-electron chi connectivity index (χ4n) is 4.52. The van der Waals surface area contributed by atoms with E-state index in [1.165, 1.54) is 31.5 Å². The number of hydrogen-bond acceptors (Lipinski definition) is 9. The van der Waals surface area contributed by atoms with Gasteiger partial charge in [-0.05, 0) is 31.2 Å². The number of aliphatic carboxylic acids is 1. The number of hydrogen-bond donors (Lipinski definition) is 1. The van der Waals surface area contributed by atoms with Crippen LogP contribution in [0.4, 0.5) is 27.8 Å². The summed E-state index contributed by atoms with van der Waals surface area (Å²) in [6, 6.07) is 8.02. The number of nitrogens with zero attached hydrogens (tertiary/aromatic N) is 6. The first-order chi connectivity index (χ1) is 22.0. The van der Waals surface area contributed by atoms with Crippen molar-refractivity contribution in [3.05, 3.63) is 83.6 Å². The molecule has 0 radical (unpaired) electrons. The maximum Gasteiger partial charge on any atom is 0.573 e. The van der Waals surface area contributed by atoms with Gasteiger partial charge in [0, 0.05) is 31.6 Å². The zero-order chi connectivity index (χ0) is 34.6. The lowest BCUT2D eigenvalue weighted by Crippen LogP contribution is -2.58. The normalized spacial score (nSPS) is 16.0. The SMILES string of the molecule is CCC(F)(F)c1ccc(C[NH-])cc1.Cc1ncc2ncc(N3CCN(S(=O)(=O)c4ccc(OC(F)(F)F)cc4)[C@@H](C(=O)O)C3)nc2n1. The average molecular weight is 683 g/mol. The Bertz CT molecular complexity index is 1810. The third-order valence-electron chi connectivity index (χ3n) is 7.04. The summed E-state index contributed by atoms with van der Waals surface area (Å²) in [5.41, 5.74) is 8.58. The Morgan fingerprint density at radius 1 is 1.00 bits per heavy atom. The summed E-state index contributed by atoms with van der Waals surface area (Å²) < 4.78 is 93.9. The number of rotatable bonds is 8. The highest BCUT2D eigenvalue weighted by Crippen LogP contribution is 2.31. The molecule has 18 heteroatoms. The largest absolute Gasteiger partial charge is 0.674 e. The third kappa shape index (κ3) is 8.63. The summed E-state index contributed by atoms with van der Waals surface area (Å²) in [7, 11) is -4.33. The smallest absolute Gasteiger partial charge is 0.573 e. The molecule has 1 aliphatic heterocycles. The van der Waals surface area contributed by atoms with Crippen LogP contribution in [0.3, 0.4) is 0 Å². The van der Waals surface area contributed by atoms with Gasteiger partial charge in [0.2, 0.25) is 10.0 Å². The molecule has 0 amide bonds. The van der Waals surface area contributed by atoms with Gasteiger partial charge in [0.25, 0.3) is 5.92 Å². The van der Waals surface area contributed by atoms with Crippen molar-refractivity contribution in [3.8, 4) is 5.75 Å². The molecule has 1 fully saturated rings. The zero-order valence-corrected chi connectivity index (χ0v) is 25.8. The Morgan fingerprint density at radius 2 is 1.66 bits per heavy atom. The topological polar surface area (TPSA) is 163 Å². The van der Waals surface area contributed by atoms with E-state index in [1.54, 1.807) is 24.0 Å². The Hall–Kier alpha value is -4.55. The lowest BCUT2D eigenvalue weighted by Gasteiger charge is -2.38. The molecule has 1 aliphatic rings. The minimum atomic E-state index is -4.93. The molecule has 0 saturated carbocycles. The fourth-order valence-corrected chi connectivity index (χ4v) is 6.09. The molecule has 0 bridgehead atoms. The minimum Gasteiger partial charge on any atom is -0.674 e. The van der Waals surface area contributed by atoms with Crippen molar-refractivity contribution in [2.75, 3.05) is 24.5 Å². The summed E-state index contributed by atoms with van der Waals surface area (Å²) in [5.74, 6) is -3.93. The highest BCUT2D eigenvalue weighted by atomic mass is 32.2. The van der Waals surface area contributed by atoms with Gasteiger partial charge >= 0.3 is 12.3 Å². The van der Waals surface area contributed by atoms with Crippen LogP contribution >= 0.6 is 0 Å². The molecule has 47 heavy (non-hydrogen) atoms. The van der Waals surface area contributed by atoms with Crippen molar-refractivity contribution in [2.24, 2.45) is 0 Å². The molecular weight excluding hydrogens is 653 g/mol. The maximum atomic E-state index is 13.1. The quantitative estimate of drug-likeness (QED) is 0.240. The molecule has 252 valence electrons. The Kier molecular flexibility index (Phi) is 10.6. The second-order valence-corrected chi connectivity index (χ2v) is 12.1. The number of aryl methyl sites for hydroxylation is 1. The van der Waals surface area contributed by atoms with Crippen LogP contribution in [0.1, 0.15) is 30.3 Å². The first kappa shape index (κ1) is 35.3. The number of halogens is 5. The van der Waals surface area contributed by atoms with Crippen molar-refractivity contribution >= 4 is 33.0 Å². The van der Waals surface area contributed by atoms with Crippen LogP contribution in [0.5, 0.6) is 5.75 Å². The molecule has 1 saturated heterocycles. The fraction of sp³-hybridized carbons (Fsp3) is 0.345. The highest BCUT2D eigenvalue weighted by molar-refractivity contribution is 7.89. The minimum absolute atomic E-state index is 0.0344. The lowest BCUT2D eigenvalue weighted by molar-refractivity contribution is -0.274. The number of ether oxygens (including phenoxy) is 1. The van der Waals surface area contributed by atoms with E-state index in [-0.39, 0.29) is 43.1 Å². The molecule has 12 nitrogen and oxygen atoms in total. The van der Waals surface area contributed by atoms with Crippen LogP contribution in [-0.2, 0) is 27.3 Å². The number of aromatic nitrogens is 4. The van der Waals surface area contributed by atoms with Gasteiger partial charge < -0.3 is 20.5 Å². The molecule has 2 N–H and O–H groups in total. The van der Waals surface area contributed by atoms with E-state index in [0.29, 0.717) is 22.8 Å². The monoisotopic (exact) mass is 682 g/mol. The summed E-state index contributed by atoms with van der Waals surface area (Å²) in [6.45, 7) is 2.94. The zero-order valence-electron chi connectivity index (χ0n) is 24.9. The number of carboxylic acids is 1. The predicted molar refractivity (Wildman–Crippen MR) is 159 cm³/mol. The number of benzene rings is 2. The molecule has 5 rings (SSSR count). The van der Waals surface area contributed by atoms with Crippen LogP contribution in [0.2, 0.25) is 0 Å². The van der Waals surface area contributed by atoms with Crippen LogP contribution in [0.25, 0.3) is 16.9 Å². The van der Waals surface area contributed by atoms with Crippen molar-refractivity contribution in [1.82, 2.24) is 24.2 Å². The molecule has 4 aromatic rings. The van der Waals surface area contributed by atoms with Gasteiger partial charge in [-0.3, -0.25) is 4.79 Å². The van der Waals surface area contributed by atoms with Crippen molar-refractivity contribution in [2.45, 2.75) is 50.0 Å². The van der Waals surface area contributed by atoms with Crippen molar-refractivity contribution < 1.29 is 45.0 Å². The van der Waals surface area contributed by atoms with Gasteiger partial charge in [0.05, 0.1) is 17.3 Å². The number of anilines is 1. The number of sulfonamides is 1. The maximum absolute atomic E-state index is 13.1. The molecule has 0 spiro atoms. The number of piperazine rings is 1. The Labute approximate surface area is 266 Å². The van der Waals surface area contributed by atoms with Gasteiger partial charge in [-0.15, -0.1) is 19.7 Å². The van der Waals surface area contributed by atoms with Gasteiger partial charge in [-0.25, -0.2) is 37.1 Å². The molecule has 2 aromatic carbocycles. The first-order valence-electron chi connectivity index (χ1n) is 14.0. The lowest BCUT2D eigenvalue weighted by atomic mass is 10.0. The van der Waals surface area contributed by atoms with E-state index < -0.39 is 40.1 Å². The summed E-state index contributed by atoms with van der Waals surface area (Å²) >= 11 is 0. The van der Waals surface area contributed by atoms with Crippen LogP contribution in [-0.4, -0.2) is 75.8 Å². The van der Waals surface area contributed by atoms with Crippen LogP contribution < -0.4 is 9.64 Å². The number of fused-ring (bicyclic) bond motifs is 1. The highest BCUT2D eigenvalue weighted by Gasteiger charge is 2.41. The van der Waals surface area contributed by atoms with E-state index in [0.717, 1.165) is 34.1 Å². The summed E-state index contributed by atoms with van der Waals surface area (Å²) in [6.07, 6.45) is -2.19. The summed E-state index contributed by atoms with van der Waals surface area (Å²) in [4.78, 5) is 30.0. The molecule has 0 aliphatic carbocycles.